The quantitative estimate of drug-likeness (QED) is 0.530. The Balaban J connectivity index is 2.47. The Morgan fingerprint density at radius 2 is 2.05 bits per heavy atom. The minimum Gasteiger partial charge on any atom is -0.459 e. The van der Waals surface area contributed by atoms with Gasteiger partial charge in [0.15, 0.2) is 0 Å². The molecule has 1 unspecified atom stereocenters. The van der Waals surface area contributed by atoms with Gasteiger partial charge in [0.1, 0.15) is 5.82 Å². The number of esters is 1. The van der Waals surface area contributed by atoms with Crippen LogP contribution in [-0.4, -0.2) is 12.1 Å². The Morgan fingerprint density at radius 1 is 1.32 bits per heavy atom. The molecule has 2 nitrogen and oxygen atoms in total. The zero-order valence-corrected chi connectivity index (χ0v) is 12.0. The highest BCUT2D eigenvalue weighted by atomic mass is 19.1. The molecule has 0 bridgehead atoms. The Labute approximate surface area is 115 Å². The summed E-state index contributed by atoms with van der Waals surface area (Å²) < 4.78 is 18.8. The van der Waals surface area contributed by atoms with E-state index in [9.17, 15) is 9.18 Å². The molecule has 0 aliphatic heterocycles. The van der Waals surface area contributed by atoms with Gasteiger partial charge in [-0.25, -0.2) is 9.18 Å². The van der Waals surface area contributed by atoms with Gasteiger partial charge in [-0.05, 0) is 38.8 Å². The maximum Gasteiger partial charge on any atom is 0.341 e. The first-order chi connectivity index (χ1) is 9.04. The van der Waals surface area contributed by atoms with Crippen molar-refractivity contribution in [2.45, 2.75) is 59.0 Å². The van der Waals surface area contributed by atoms with Crippen molar-refractivity contribution in [3.05, 3.63) is 35.1 Å². The second-order valence-electron chi connectivity index (χ2n) is 5.05. The zero-order valence-electron chi connectivity index (χ0n) is 12.0. The highest BCUT2D eigenvalue weighted by Gasteiger charge is 2.16. The lowest BCUT2D eigenvalue weighted by molar-refractivity contribution is 0.0314. The first-order valence-corrected chi connectivity index (χ1v) is 7.01. The molecule has 1 aromatic carbocycles. The lowest BCUT2D eigenvalue weighted by Gasteiger charge is -2.13. The monoisotopic (exact) mass is 266 g/mol. The average molecular weight is 266 g/mol. The molecule has 19 heavy (non-hydrogen) atoms. The third kappa shape index (κ3) is 5.41. The summed E-state index contributed by atoms with van der Waals surface area (Å²) in [6, 6.07) is 4.47. The van der Waals surface area contributed by atoms with E-state index in [-0.39, 0.29) is 11.7 Å². The second kappa shape index (κ2) is 7.93. The maximum absolute atomic E-state index is 13.5. The number of halogens is 1. The van der Waals surface area contributed by atoms with Gasteiger partial charge in [0.25, 0.3) is 0 Å². The molecular weight excluding hydrogens is 243 g/mol. The smallest absolute Gasteiger partial charge is 0.341 e. The number of benzene rings is 1. The fourth-order valence-corrected chi connectivity index (χ4v) is 1.96. The van der Waals surface area contributed by atoms with Crippen LogP contribution >= 0.6 is 0 Å². The van der Waals surface area contributed by atoms with Crippen molar-refractivity contribution in [1.82, 2.24) is 0 Å². The van der Waals surface area contributed by atoms with Gasteiger partial charge in [0, 0.05) is 0 Å². The van der Waals surface area contributed by atoms with Crippen LogP contribution < -0.4 is 0 Å². The van der Waals surface area contributed by atoms with E-state index < -0.39 is 11.8 Å². The van der Waals surface area contributed by atoms with Crippen molar-refractivity contribution >= 4 is 5.97 Å². The maximum atomic E-state index is 13.5. The number of carbonyl (C=O) groups is 1. The summed E-state index contributed by atoms with van der Waals surface area (Å²) in [5.41, 5.74) is 0.879. The van der Waals surface area contributed by atoms with Crippen LogP contribution in [-0.2, 0) is 4.74 Å². The molecule has 0 N–H and O–H groups in total. The van der Waals surface area contributed by atoms with Gasteiger partial charge >= 0.3 is 5.97 Å². The molecule has 0 saturated heterocycles. The average Bonchev–Trinajstić information content (AvgIpc) is 2.37. The summed E-state index contributed by atoms with van der Waals surface area (Å²) in [5.74, 6) is -1.09. The minimum atomic E-state index is -0.566. The lowest BCUT2D eigenvalue weighted by Crippen LogP contribution is -2.16. The van der Waals surface area contributed by atoms with E-state index in [1.54, 1.807) is 6.07 Å². The Bertz CT molecular complexity index is 415. The van der Waals surface area contributed by atoms with Crippen LogP contribution in [0.5, 0.6) is 0 Å². The number of aryl methyl sites for hydroxylation is 1. The topological polar surface area (TPSA) is 26.3 Å². The molecule has 0 saturated carbocycles. The van der Waals surface area contributed by atoms with Crippen LogP contribution in [0.25, 0.3) is 0 Å². The van der Waals surface area contributed by atoms with Gasteiger partial charge in [0.2, 0.25) is 0 Å². The Hall–Kier alpha value is -1.38. The molecule has 0 heterocycles. The summed E-state index contributed by atoms with van der Waals surface area (Å²) in [7, 11) is 0. The first-order valence-electron chi connectivity index (χ1n) is 7.01. The molecule has 0 aliphatic rings. The van der Waals surface area contributed by atoms with Crippen molar-refractivity contribution in [3.8, 4) is 0 Å². The first kappa shape index (κ1) is 15.7. The van der Waals surface area contributed by atoms with Crippen LogP contribution in [0.2, 0.25) is 0 Å². The van der Waals surface area contributed by atoms with E-state index in [2.05, 4.69) is 6.92 Å². The number of ether oxygens (including phenoxy) is 1. The van der Waals surface area contributed by atoms with E-state index >= 15 is 0 Å². The largest absolute Gasteiger partial charge is 0.459 e. The zero-order chi connectivity index (χ0) is 14.3. The van der Waals surface area contributed by atoms with E-state index in [0.717, 1.165) is 24.8 Å². The molecule has 1 rings (SSSR count). The number of hydrogen-bond acceptors (Lipinski definition) is 2. The van der Waals surface area contributed by atoms with E-state index in [1.165, 1.54) is 25.0 Å². The van der Waals surface area contributed by atoms with Crippen molar-refractivity contribution < 1.29 is 13.9 Å². The fourth-order valence-electron chi connectivity index (χ4n) is 1.96. The molecule has 3 heteroatoms. The van der Waals surface area contributed by atoms with Crippen LogP contribution in [0.15, 0.2) is 18.2 Å². The highest BCUT2D eigenvalue weighted by molar-refractivity contribution is 5.90. The van der Waals surface area contributed by atoms with Crippen LogP contribution in [0.3, 0.4) is 0 Å². The third-order valence-corrected chi connectivity index (χ3v) is 3.11. The molecular formula is C16H23FO2. The summed E-state index contributed by atoms with van der Waals surface area (Å²) in [6.07, 6.45) is 5.24. The van der Waals surface area contributed by atoms with E-state index in [1.807, 2.05) is 13.8 Å². The highest BCUT2D eigenvalue weighted by Crippen LogP contribution is 2.14. The molecule has 0 amide bonds. The normalized spacial score (nSPS) is 12.2. The SMILES string of the molecule is CCCCCCC(C)OC(=O)c1cc(C)ccc1F. The fraction of sp³-hybridized carbons (Fsp3) is 0.562. The van der Waals surface area contributed by atoms with E-state index in [4.69, 9.17) is 4.74 Å². The second-order valence-corrected chi connectivity index (χ2v) is 5.05. The number of unbranched alkanes of at least 4 members (excludes halogenated alkanes) is 3. The molecule has 0 aliphatic carbocycles. The summed E-state index contributed by atoms with van der Waals surface area (Å²) in [5, 5.41) is 0. The predicted octanol–water partition coefficient (Wildman–Crippen LogP) is 4.65. The van der Waals surface area contributed by atoms with Gasteiger partial charge in [-0.15, -0.1) is 0 Å². The van der Waals surface area contributed by atoms with E-state index in [0.29, 0.717) is 0 Å². The number of carbonyl (C=O) groups excluding carboxylic acids is 1. The molecule has 0 fully saturated rings. The van der Waals surface area contributed by atoms with Crippen molar-refractivity contribution in [1.29, 1.82) is 0 Å². The van der Waals surface area contributed by atoms with Crippen LogP contribution in [0.1, 0.15) is 61.9 Å². The number of hydrogen-bond donors (Lipinski definition) is 0. The number of rotatable bonds is 7. The minimum absolute atomic E-state index is 0.0282. The van der Waals surface area contributed by atoms with Crippen LogP contribution in [0, 0.1) is 12.7 Å². The summed E-state index contributed by atoms with van der Waals surface area (Å²) in [4.78, 5) is 11.9. The Morgan fingerprint density at radius 3 is 2.74 bits per heavy atom. The predicted molar refractivity (Wildman–Crippen MR) is 74.8 cm³/mol. The third-order valence-electron chi connectivity index (χ3n) is 3.11. The molecule has 1 atom stereocenters. The van der Waals surface area contributed by atoms with Gasteiger partial charge in [0.05, 0.1) is 11.7 Å². The molecule has 0 radical (unpaired) electrons. The molecule has 0 spiro atoms. The van der Waals surface area contributed by atoms with Gasteiger partial charge in [-0.1, -0.05) is 37.8 Å². The van der Waals surface area contributed by atoms with Crippen molar-refractivity contribution in [3.63, 3.8) is 0 Å². The van der Waals surface area contributed by atoms with Gasteiger partial charge in [-0.3, -0.25) is 0 Å². The van der Waals surface area contributed by atoms with Gasteiger partial charge in [-0.2, -0.15) is 0 Å². The lowest BCUT2D eigenvalue weighted by atomic mass is 10.1. The molecule has 0 aromatic heterocycles. The van der Waals surface area contributed by atoms with Crippen LogP contribution in [0.4, 0.5) is 4.39 Å². The van der Waals surface area contributed by atoms with Crippen molar-refractivity contribution in [2.75, 3.05) is 0 Å². The van der Waals surface area contributed by atoms with Crippen molar-refractivity contribution in [2.24, 2.45) is 0 Å². The standard InChI is InChI=1S/C16H23FO2/c1-4-5-6-7-8-13(3)19-16(18)14-11-12(2)9-10-15(14)17/h9-11,13H,4-8H2,1-3H3. The summed E-state index contributed by atoms with van der Waals surface area (Å²) >= 11 is 0. The molecule has 1 aromatic rings. The molecule has 106 valence electrons. The Kier molecular flexibility index (Phi) is 6.54. The summed E-state index contributed by atoms with van der Waals surface area (Å²) in [6.45, 7) is 5.84. The van der Waals surface area contributed by atoms with Gasteiger partial charge < -0.3 is 4.74 Å².